The number of rotatable bonds is 22. The first-order chi connectivity index (χ1) is 37.9. The number of hydrogen-bond donors (Lipinski definition) is 4. The smallest absolute Gasteiger partial charge is 0.219 e. The van der Waals surface area contributed by atoms with Crippen LogP contribution in [0.5, 0.6) is 11.5 Å². The largest absolute Gasteiger partial charge is 0.483 e. The topological polar surface area (TPSA) is 225 Å². The van der Waals surface area contributed by atoms with E-state index < -0.39 is 15.6 Å². The van der Waals surface area contributed by atoms with Gasteiger partial charge in [-0.2, -0.15) is 4.31 Å². The molecule has 9 rings (SSSR count). The number of halogens is 1. The molecule has 0 spiro atoms. The molecule has 4 fully saturated rings. The van der Waals surface area contributed by atoms with E-state index in [0.717, 1.165) is 99.0 Å². The highest BCUT2D eigenvalue weighted by molar-refractivity contribution is 7.88. The summed E-state index contributed by atoms with van der Waals surface area (Å²) in [5.41, 5.74) is 4.88. The second-order valence-electron chi connectivity index (χ2n) is 21.0. The van der Waals surface area contributed by atoms with Gasteiger partial charge in [0.25, 0.3) is 0 Å². The zero-order chi connectivity index (χ0) is 58.2. The van der Waals surface area contributed by atoms with Crippen LogP contribution in [0.3, 0.4) is 0 Å². The first kappa shape index (κ1) is 63.8. The number of nitrogens with zero attached hydrogens (tertiary/aromatic N) is 4. The fraction of sp³-hybridized carbons (Fsp3) is 0.458. The Bertz CT molecular complexity index is 3010. The van der Waals surface area contributed by atoms with Gasteiger partial charge in [0.1, 0.15) is 34.7 Å². The summed E-state index contributed by atoms with van der Waals surface area (Å²) in [6.45, 7) is 18.5. The molecular formula is C59H77ClN6O11S2. The van der Waals surface area contributed by atoms with Crippen LogP contribution in [0.25, 0.3) is 21.2 Å². The predicted octanol–water partition coefficient (Wildman–Crippen LogP) is 9.91. The number of hydrogen-bond acceptors (Lipinski definition) is 16. The maximum atomic E-state index is 14.8. The Morgan fingerprint density at radius 3 is 2.25 bits per heavy atom. The monoisotopic (exact) mass is 1140 g/mol. The summed E-state index contributed by atoms with van der Waals surface area (Å²) in [6, 6.07) is 23.8. The van der Waals surface area contributed by atoms with E-state index in [4.69, 9.17) is 40.9 Å². The molecule has 4 N–H and O–H groups in total. The number of ether oxygens (including phenoxy) is 2. The summed E-state index contributed by atoms with van der Waals surface area (Å²) in [5.74, 6) is 0.886. The van der Waals surface area contributed by atoms with E-state index in [2.05, 4.69) is 79.8 Å². The number of benzene rings is 4. The minimum Gasteiger partial charge on any atom is -0.483 e. The van der Waals surface area contributed by atoms with E-state index in [9.17, 15) is 22.8 Å². The predicted molar refractivity (Wildman–Crippen MR) is 316 cm³/mol. The molecule has 4 heterocycles. The van der Waals surface area contributed by atoms with Crippen molar-refractivity contribution >= 4 is 99.2 Å². The van der Waals surface area contributed by atoms with E-state index in [1.54, 1.807) is 15.7 Å². The number of carbonyl (C=O) groups is 5. The van der Waals surface area contributed by atoms with Gasteiger partial charge in [-0.3, -0.25) is 33.9 Å². The van der Waals surface area contributed by atoms with Gasteiger partial charge >= 0.3 is 0 Å². The first-order valence-corrected chi connectivity index (χ1v) is 29.1. The van der Waals surface area contributed by atoms with Crippen molar-refractivity contribution in [2.75, 3.05) is 57.9 Å². The molecule has 17 nitrogen and oxygen atoms in total. The fourth-order valence-electron chi connectivity index (χ4n) is 11.7. The van der Waals surface area contributed by atoms with Gasteiger partial charge in [-0.15, -0.1) is 11.3 Å². The average Bonchev–Trinajstić information content (AvgIpc) is 3.96. The van der Waals surface area contributed by atoms with E-state index in [0.29, 0.717) is 77.3 Å². The number of aliphatic hydroxyl groups is 2. The Hall–Kier alpha value is -6.06. The second-order valence-corrected chi connectivity index (χ2v) is 24.2. The number of likely N-dealkylation sites (tertiary alicyclic amines) is 1. The molecule has 3 aliphatic heterocycles. The number of carbonyl (C=O) groups excluding carboxylic acids is 5. The van der Waals surface area contributed by atoms with Crippen LogP contribution in [0.15, 0.2) is 77.8 Å². The summed E-state index contributed by atoms with van der Waals surface area (Å²) >= 11 is 7.90. The van der Waals surface area contributed by atoms with Gasteiger partial charge in [0.15, 0.2) is 24.6 Å². The minimum atomic E-state index is -3.83. The number of aliphatic hydroxyl groups excluding tert-OH is 2. The Morgan fingerprint density at radius 2 is 1.63 bits per heavy atom. The molecule has 2 amide bonds. The Morgan fingerprint density at radius 1 is 0.937 bits per heavy atom. The zero-order valence-electron chi connectivity index (χ0n) is 46.7. The van der Waals surface area contributed by atoms with Crippen LogP contribution >= 0.6 is 22.9 Å². The Kier molecular flexibility index (Phi) is 23.3. The van der Waals surface area contributed by atoms with E-state index in [1.807, 2.05) is 62.4 Å². The minimum absolute atomic E-state index is 0.0150. The molecular weight excluding hydrogens is 1070 g/mol. The SMILES string of the molecule is C=Nc1cc(CS(=O)(=O)N2C3CC(Nc4cccc(-c5sc(C=O)c(OCC=O)c5Cl)c4)C(CC3(C)C)C2(C)C)ccc1OCN1CCC(c2ccc(N(C)C(C)CCC)c3c(C=O)cccc23)CC1.CO.CO.O=CNC=O. The second kappa shape index (κ2) is 28.9. The number of aliphatic imine (C=N–C) groups is 1. The third-order valence-electron chi connectivity index (χ3n) is 15.5. The lowest BCUT2D eigenvalue weighted by Gasteiger charge is -2.64. The summed E-state index contributed by atoms with van der Waals surface area (Å²) < 4.78 is 43.1. The van der Waals surface area contributed by atoms with Gasteiger partial charge in [-0.05, 0) is 129 Å². The van der Waals surface area contributed by atoms with Gasteiger partial charge in [-0.1, -0.05) is 81.3 Å². The summed E-state index contributed by atoms with van der Waals surface area (Å²) in [4.78, 5) is 63.1. The van der Waals surface area contributed by atoms with E-state index >= 15 is 0 Å². The number of sulfonamides is 1. The molecule has 4 aliphatic rings. The normalized spacial score (nSPS) is 18.9. The van der Waals surface area contributed by atoms with Gasteiger partial charge in [0.2, 0.25) is 22.8 Å². The summed E-state index contributed by atoms with van der Waals surface area (Å²) in [5, 5.41) is 22.0. The van der Waals surface area contributed by atoms with E-state index in [1.165, 1.54) is 16.9 Å². The van der Waals surface area contributed by atoms with Gasteiger partial charge < -0.3 is 35.2 Å². The van der Waals surface area contributed by atoms with Crippen molar-refractivity contribution in [3.8, 4) is 21.9 Å². The molecule has 4 atom stereocenters. The molecule has 0 radical (unpaired) electrons. The number of imide groups is 1. The van der Waals surface area contributed by atoms with Crippen LogP contribution in [0.2, 0.25) is 5.02 Å². The quantitative estimate of drug-likeness (QED) is 0.0374. The number of fused-ring (bicyclic) bond motifs is 4. The zero-order valence-corrected chi connectivity index (χ0v) is 49.1. The van der Waals surface area contributed by atoms with Crippen LogP contribution in [-0.4, -0.2) is 138 Å². The molecule has 3 saturated heterocycles. The van der Waals surface area contributed by atoms with Gasteiger partial charge in [0, 0.05) is 80.3 Å². The van der Waals surface area contributed by atoms with Gasteiger partial charge in [-0.25, -0.2) is 8.42 Å². The van der Waals surface area contributed by atoms with Gasteiger partial charge in [0.05, 0.1) is 10.6 Å². The molecule has 79 heavy (non-hydrogen) atoms. The molecule has 428 valence electrons. The van der Waals surface area contributed by atoms with Crippen LogP contribution in [0, 0.1) is 11.3 Å². The lowest BCUT2D eigenvalue weighted by atomic mass is 9.57. The lowest BCUT2D eigenvalue weighted by molar-refractivity contribution is -0.117. The number of anilines is 2. The highest BCUT2D eigenvalue weighted by atomic mass is 35.5. The molecule has 1 saturated carbocycles. The third kappa shape index (κ3) is 14.5. The van der Waals surface area contributed by atoms with Crippen LogP contribution in [0.1, 0.15) is 117 Å². The molecule has 1 aliphatic carbocycles. The number of aldehydes is 3. The molecule has 4 unspecified atom stereocenters. The number of amides is 2. The first-order valence-electron chi connectivity index (χ1n) is 26.3. The lowest BCUT2D eigenvalue weighted by Crippen LogP contribution is -2.73. The molecule has 1 aromatic heterocycles. The number of thiophene rings is 1. The van der Waals surface area contributed by atoms with Crippen molar-refractivity contribution in [2.45, 2.75) is 115 Å². The van der Waals surface area contributed by atoms with E-state index in [-0.39, 0.29) is 46.5 Å². The molecule has 4 aromatic carbocycles. The Labute approximate surface area is 474 Å². The van der Waals surface area contributed by atoms with Crippen molar-refractivity contribution in [3.05, 3.63) is 99.4 Å². The Balaban J connectivity index is 0.00000119. The summed E-state index contributed by atoms with van der Waals surface area (Å²) in [7, 11) is 0.297. The van der Waals surface area contributed by atoms with Crippen LogP contribution in [-0.2, 0) is 30.2 Å². The molecule has 5 aromatic rings. The average molecular weight is 1150 g/mol. The van der Waals surface area contributed by atoms with Crippen LogP contribution in [0.4, 0.5) is 17.1 Å². The molecule has 20 heteroatoms. The van der Waals surface area contributed by atoms with Crippen molar-refractivity contribution in [2.24, 2.45) is 16.3 Å². The van der Waals surface area contributed by atoms with Crippen molar-refractivity contribution in [1.29, 1.82) is 0 Å². The highest BCUT2D eigenvalue weighted by Crippen LogP contribution is 2.56. The maximum absolute atomic E-state index is 14.8. The molecule has 2 bridgehead atoms. The van der Waals surface area contributed by atoms with Crippen molar-refractivity contribution in [3.63, 3.8) is 0 Å². The fourth-order valence-corrected chi connectivity index (χ4v) is 15.4. The highest BCUT2D eigenvalue weighted by Gasteiger charge is 2.62. The number of nitrogens with one attached hydrogen (secondary N) is 2. The number of piperidine rings is 3. The van der Waals surface area contributed by atoms with Crippen LogP contribution < -0.4 is 25.0 Å². The standard InChI is InChI=1S/C55H66ClN5O7S2.C2H3NO2.2CH4O/c1-9-12-35(2)59(8)46-19-18-41(42-16-11-14-39(31-63)50(42)46)37-21-23-60(24-22-37)34-68-47-20-17-36(27-45(47)57-7)33-70(65,66)61-49-29-44(43(55(61,5)6)30-54(49,3)4)58-40-15-10-13-38(28-40)53-51(56)52(67-26-25-62)48(32-64)69-53;4-1-3-2-5;2*1-2/h10-11,13-20,25,27-28,31-32,35,37,43-44,49,58H,7,9,12,21-24,26,29-30,33-34H2,1-6,8H3;1-2H,(H,3,4,5);2*2H,1H3. The summed E-state index contributed by atoms with van der Waals surface area (Å²) in [6.07, 6.45) is 8.40. The maximum Gasteiger partial charge on any atom is 0.219 e. The van der Waals surface area contributed by atoms with Crippen molar-refractivity contribution in [1.82, 2.24) is 14.5 Å². The third-order valence-corrected chi connectivity index (χ3v) is 19.1. The van der Waals surface area contributed by atoms with Crippen molar-refractivity contribution < 1.29 is 52.1 Å².